The van der Waals surface area contributed by atoms with E-state index in [0.717, 1.165) is 17.9 Å². The number of nitrogens with zero attached hydrogens (tertiary/aromatic N) is 2. The molecule has 2 N–H and O–H groups in total. The third-order valence-electron chi connectivity index (χ3n) is 3.48. The minimum Gasteiger partial charge on any atom is -0.384 e. The number of nitrogens with one attached hydrogen (secondary N) is 2. The normalized spacial score (nSPS) is 16.3. The first-order chi connectivity index (χ1) is 9.83. The van der Waals surface area contributed by atoms with Crippen molar-refractivity contribution in [1.82, 2.24) is 15.3 Å². The van der Waals surface area contributed by atoms with Crippen LogP contribution in [0, 0.1) is 0 Å². The number of carbonyl (C=O) groups excluding carboxylic acids is 1. The van der Waals surface area contributed by atoms with Crippen LogP contribution in [-0.2, 0) is 11.3 Å². The molecule has 2 aromatic rings. The van der Waals surface area contributed by atoms with Gasteiger partial charge in [0, 0.05) is 30.8 Å². The zero-order valence-corrected chi connectivity index (χ0v) is 11.0. The number of amides is 1. The van der Waals surface area contributed by atoms with Gasteiger partial charge in [-0.25, -0.2) is 9.97 Å². The first-order valence-electron chi connectivity index (χ1n) is 6.67. The van der Waals surface area contributed by atoms with Gasteiger partial charge < -0.3 is 10.6 Å². The Morgan fingerprint density at radius 2 is 2.25 bits per heavy atom. The van der Waals surface area contributed by atoms with E-state index in [1.807, 2.05) is 18.2 Å². The van der Waals surface area contributed by atoms with Crippen LogP contribution in [0.4, 0.5) is 5.69 Å². The van der Waals surface area contributed by atoms with Gasteiger partial charge >= 0.3 is 0 Å². The van der Waals surface area contributed by atoms with Crippen molar-refractivity contribution in [3.05, 3.63) is 54.1 Å². The smallest absolute Gasteiger partial charge is 0.221 e. The molecule has 0 aliphatic carbocycles. The maximum absolute atomic E-state index is 12.0. The van der Waals surface area contributed by atoms with Gasteiger partial charge in [0.1, 0.15) is 6.33 Å². The molecule has 1 amide bonds. The highest BCUT2D eigenvalue weighted by Gasteiger charge is 2.23. The molecule has 1 unspecified atom stereocenters. The van der Waals surface area contributed by atoms with Crippen LogP contribution >= 0.6 is 0 Å². The van der Waals surface area contributed by atoms with E-state index >= 15 is 0 Å². The molecule has 1 atom stereocenters. The number of para-hydroxylation sites is 1. The number of hydrogen-bond acceptors (Lipinski definition) is 4. The molecule has 2 heterocycles. The summed E-state index contributed by atoms with van der Waals surface area (Å²) in [7, 11) is 0. The molecule has 1 aromatic carbocycles. The maximum Gasteiger partial charge on any atom is 0.221 e. The van der Waals surface area contributed by atoms with Crippen molar-refractivity contribution >= 4 is 11.6 Å². The fraction of sp³-hybridized carbons (Fsp3) is 0.267. The highest BCUT2D eigenvalue weighted by Crippen LogP contribution is 2.32. The summed E-state index contributed by atoms with van der Waals surface area (Å²) in [5, 5.41) is 6.23. The van der Waals surface area contributed by atoms with Gasteiger partial charge in [0.15, 0.2) is 0 Å². The van der Waals surface area contributed by atoms with Crippen LogP contribution in [0.3, 0.4) is 0 Å². The SMILES string of the molecule is O=C(CC1CNc2ccccc21)NCc1ccncn1. The quantitative estimate of drug-likeness (QED) is 0.885. The molecular formula is C15H16N4O. The number of aromatic nitrogens is 2. The molecule has 0 saturated heterocycles. The monoisotopic (exact) mass is 268 g/mol. The first kappa shape index (κ1) is 12.6. The molecular weight excluding hydrogens is 252 g/mol. The van der Waals surface area contributed by atoms with Gasteiger partial charge in [-0.1, -0.05) is 18.2 Å². The Morgan fingerprint density at radius 3 is 3.10 bits per heavy atom. The fourth-order valence-corrected chi connectivity index (χ4v) is 2.45. The molecule has 0 spiro atoms. The topological polar surface area (TPSA) is 66.9 Å². The average Bonchev–Trinajstić information content (AvgIpc) is 2.90. The molecule has 1 aromatic heterocycles. The molecule has 0 bridgehead atoms. The van der Waals surface area contributed by atoms with Crippen LogP contribution < -0.4 is 10.6 Å². The molecule has 1 aliphatic heterocycles. The van der Waals surface area contributed by atoms with Crippen molar-refractivity contribution in [2.75, 3.05) is 11.9 Å². The highest BCUT2D eigenvalue weighted by atomic mass is 16.1. The number of benzene rings is 1. The van der Waals surface area contributed by atoms with Crippen LogP contribution in [-0.4, -0.2) is 22.4 Å². The van der Waals surface area contributed by atoms with Crippen molar-refractivity contribution < 1.29 is 4.79 Å². The fourth-order valence-electron chi connectivity index (χ4n) is 2.45. The molecule has 0 saturated carbocycles. The third-order valence-corrected chi connectivity index (χ3v) is 3.48. The molecule has 0 fully saturated rings. The van der Waals surface area contributed by atoms with Gasteiger partial charge in [-0.15, -0.1) is 0 Å². The Kier molecular flexibility index (Phi) is 3.58. The summed E-state index contributed by atoms with van der Waals surface area (Å²) < 4.78 is 0. The van der Waals surface area contributed by atoms with Gasteiger partial charge in [0.05, 0.1) is 12.2 Å². The first-order valence-corrected chi connectivity index (χ1v) is 6.67. The van der Waals surface area contributed by atoms with E-state index in [-0.39, 0.29) is 11.8 Å². The number of hydrogen-bond donors (Lipinski definition) is 2. The van der Waals surface area contributed by atoms with E-state index in [2.05, 4.69) is 26.7 Å². The van der Waals surface area contributed by atoms with E-state index in [4.69, 9.17) is 0 Å². The second-order valence-electron chi connectivity index (χ2n) is 4.85. The van der Waals surface area contributed by atoms with E-state index in [0.29, 0.717) is 13.0 Å². The Hall–Kier alpha value is -2.43. The van der Waals surface area contributed by atoms with E-state index in [1.165, 1.54) is 11.9 Å². The number of carbonyl (C=O) groups is 1. The van der Waals surface area contributed by atoms with Gasteiger partial charge in [0.2, 0.25) is 5.91 Å². The Morgan fingerprint density at radius 1 is 1.35 bits per heavy atom. The third kappa shape index (κ3) is 2.77. The summed E-state index contributed by atoms with van der Waals surface area (Å²) in [6.07, 6.45) is 3.65. The summed E-state index contributed by atoms with van der Waals surface area (Å²) in [6, 6.07) is 9.94. The molecule has 1 aliphatic rings. The average molecular weight is 268 g/mol. The summed E-state index contributed by atoms with van der Waals surface area (Å²) in [6.45, 7) is 1.27. The van der Waals surface area contributed by atoms with E-state index < -0.39 is 0 Å². The zero-order chi connectivity index (χ0) is 13.8. The second-order valence-corrected chi connectivity index (χ2v) is 4.85. The molecule has 5 heteroatoms. The predicted octanol–water partition coefficient (Wildman–Crippen LogP) is 1.69. The van der Waals surface area contributed by atoms with Crippen LogP contribution in [0.2, 0.25) is 0 Å². The van der Waals surface area contributed by atoms with Crippen LogP contribution in [0.25, 0.3) is 0 Å². The summed E-state index contributed by atoms with van der Waals surface area (Å²) in [5.74, 6) is 0.295. The molecule has 102 valence electrons. The Bertz CT molecular complexity index is 600. The standard InChI is InChI=1S/C15H16N4O/c20-15(18-9-12-5-6-16-10-19-12)7-11-8-17-14-4-2-1-3-13(11)14/h1-6,10-11,17H,7-9H2,(H,18,20). The summed E-state index contributed by atoms with van der Waals surface area (Å²) in [5.41, 5.74) is 3.18. The van der Waals surface area contributed by atoms with Gasteiger partial charge in [-0.3, -0.25) is 4.79 Å². The number of rotatable bonds is 4. The summed E-state index contributed by atoms with van der Waals surface area (Å²) in [4.78, 5) is 19.9. The maximum atomic E-state index is 12.0. The highest BCUT2D eigenvalue weighted by molar-refractivity contribution is 5.78. The van der Waals surface area contributed by atoms with Crippen molar-refractivity contribution in [3.63, 3.8) is 0 Å². The van der Waals surface area contributed by atoms with Crippen LogP contribution in [0.15, 0.2) is 42.9 Å². The van der Waals surface area contributed by atoms with Gasteiger partial charge in [0.25, 0.3) is 0 Å². The van der Waals surface area contributed by atoms with Crippen molar-refractivity contribution in [2.45, 2.75) is 18.9 Å². The molecule has 3 rings (SSSR count). The molecule has 20 heavy (non-hydrogen) atoms. The van der Waals surface area contributed by atoms with Crippen LogP contribution in [0.1, 0.15) is 23.6 Å². The lowest BCUT2D eigenvalue weighted by atomic mass is 9.97. The lowest BCUT2D eigenvalue weighted by Gasteiger charge is -2.10. The minimum absolute atomic E-state index is 0.0483. The van der Waals surface area contributed by atoms with Crippen molar-refractivity contribution in [3.8, 4) is 0 Å². The zero-order valence-electron chi connectivity index (χ0n) is 11.0. The number of fused-ring (bicyclic) bond motifs is 1. The second kappa shape index (κ2) is 5.69. The van der Waals surface area contributed by atoms with Crippen molar-refractivity contribution in [2.24, 2.45) is 0 Å². The van der Waals surface area contributed by atoms with E-state index in [9.17, 15) is 4.79 Å². The molecule has 5 nitrogen and oxygen atoms in total. The van der Waals surface area contributed by atoms with E-state index in [1.54, 1.807) is 12.3 Å². The predicted molar refractivity (Wildman–Crippen MR) is 76.2 cm³/mol. The largest absolute Gasteiger partial charge is 0.384 e. The lowest BCUT2D eigenvalue weighted by molar-refractivity contribution is -0.121. The minimum atomic E-state index is 0.0483. The summed E-state index contributed by atoms with van der Waals surface area (Å²) >= 11 is 0. The van der Waals surface area contributed by atoms with Crippen molar-refractivity contribution in [1.29, 1.82) is 0 Å². The molecule has 0 radical (unpaired) electrons. The lowest BCUT2D eigenvalue weighted by Crippen LogP contribution is -2.25. The van der Waals surface area contributed by atoms with Gasteiger partial charge in [-0.2, -0.15) is 0 Å². The Balaban J connectivity index is 1.55. The number of anilines is 1. The van der Waals surface area contributed by atoms with Crippen LogP contribution in [0.5, 0.6) is 0 Å². The van der Waals surface area contributed by atoms with Gasteiger partial charge in [-0.05, 0) is 17.7 Å². The Labute approximate surface area is 117 Å².